The zero-order chi connectivity index (χ0) is 16.9. The monoisotopic (exact) mass is 318 g/mol. The number of aromatic nitrogens is 1. The minimum absolute atomic E-state index is 0.833. The molecule has 132 valence electrons. The van der Waals surface area contributed by atoms with Crippen LogP contribution >= 0.6 is 0 Å². The lowest BCUT2D eigenvalue weighted by atomic mass is 9.92. The lowest BCUT2D eigenvalue weighted by molar-refractivity contribution is 0.389. The normalized spacial score (nSPS) is 14.1. The van der Waals surface area contributed by atoms with Crippen LogP contribution in [-0.4, -0.2) is 11.5 Å². The van der Waals surface area contributed by atoms with Gasteiger partial charge in [0, 0.05) is 18.9 Å². The topological polar surface area (TPSA) is 24.9 Å². The van der Waals surface area contributed by atoms with Gasteiger partial charge in [-0.15, -0.1) is 0 Å². The standard InChI is InChI=1S/C21H38N2/c1-18(2)8-5-9-19(3)10-6-11-20(4)13-15-23-17-21-12-7-14-22-16-21/h7,12,14,16,18-20,23H,5-6,8-11,13,15,17H2,1-4H3. The van der Waals surface area contributed by atoms with Crippen molar-refractivity contribution >= 4 is 0 Å². The zero-order valence-corrected chi connectivity index (χ0v) is 15.9. The van der Waals surface area contributed by atoms with Gasteiger partial charge in [-0.05, 0) is 42.3 Å². The maximum Gasteiger partial charge on any atom is 0.0312 e. The first-order valence-corrected chi connectivity index (χ1v) is 9.67. The van der Waals surface area contributed by atoms with E-state index in [1.165, 1.54) is 50.5 Å². The highest BCUT2D eigenvalue weighted by Crippen LogP contribution is 2.20. The van der Waals surface area contributed by atoms with E-state index in [0.717, 1.165) is 30.8 Å². The maximum absolute atomic E-state index is 4.15. The molecule has 1 aromatic heterocycles. The Morgan fingerprint density at radius 2 is 1.57 bits per heavy atom. The van der Waals surface area contributed by atoms with Crippen LogP contribution in [0, 0.1) is 17.8 Å². The van der Waals surface area contributed by atoms with E-state index in [1.54, 1.807) is 0 Å². The summed E-state index contributed by atoms with van der Waals surface area (Å²) in [6, 6.07) is 4.13. The molecule has 0 saturated heterocycles. The van der Waals surface area contributed by atoms with Gasteiger partial charge in [-0.25, -0.2) is 0 Å². The zero-order valence-electron chi connectivity index (χ0n) is 15.9. The second-order valence-corrected chi connectivity index (χ2v) is 7.79. The van der Waals surface area contributed by atoms with Gasteiger partial charge in [0.2, 0.25) is 0 Å². The highest BCUT2D eigenvalue weighted by molar-refractivity contribution is 5.07. The largest absolute Gasteiger partial charge is 0.313 e. The fraction of sp³-hybridized carbons (Fsp3) is 0.762. The average Bonchev–Trinajstić information content (AvgIpc) is 2.52. The summed E-state index contributed by atoms with van der Waals surface area (Å²) >= 11 is 0. The van der Waals surface area contributed by atoms with Gasteiger partial charge in [0.15, 0.2) is 0 Å². The predicted molar refractivity (Wildman–Crippen MR) is 101 cm³/mol. The van der Waals surface area contributed by atoms with Crippen molar-refractivity contribution in [3.05, 3.63) is 30.1 Å². The van der Waals surface area contributed by atoms with Crippen molar-refractivity contribution < 1.29 is 0 Å². The summed E-state index contributed by atoms with van der Waals surface area (Å²) in [7, 11) is 0. The van der Waals surface area contributed by atoms with E-state index in [0.29, 0.717) is 0 Å². The fourth-order valence-electron chi connectivity index (χ4n) is 3.06. The summed E-state index contributed by atoms with van der Waals surface area (Å²) in [4.78, 5) is 4.15. The molecule has 2 atom stereocenters. The first-order chi connectivity index (χ1) is 11.1. The van der Waals surface area contributed by atoms with Crippen LogP contribution in [0.2, 0.25) is 0 Å². The van der Waals surface area contributed by atoms with E-state index in [4.69, 9.17) is 0 Å². The summed E-state index contributed by atoms with van der Waals surface area (Å²) < 4.78 is 0. The van der Waals surface area contributed by atoms with Gasteiger partial charge >= 0.3 is 0 Å². The van der Waals surface area contributed by atoms with Crippen molar-refractivity contribution in [2.45, 2.75) is 79.2 Å². The third-order valence-electron chi connectivity index (χ3n) is 4.74. The molecule has 0 saturated carbocycles. The van der Waals surface area contributed by atoms with Crippen LogP contribution in [0.3, 0.4) is 0 Å². The van der Waals surface area contributed by atoms with Gasteiger partial charge in [-0.3, -0.25) is 4.98 Å². The highest BCUT2D eigenvalue weighted by atomic mass is 14.8. The molecule has 23 heavy (non-hydrogen) atoms. The minimum atomic E-state index is 0.833. The molecule has 0 fully saturated rings. The van der Waals surface area contributed by atoms with E-state index >= 15 is 0 Å². The quantitative estimate of drug-likeness (QED) is 0.463. The summed E-state index contributed by atoms with van der Waals surface area (Å²) in [5, 5.41) is 3.53. The lowest BCUT2D eigenvalue weighted by Gasteiger charge is -2.15. The van der Waals surface area contributed by atoms with E-state index < -0.39 is 0 Å². The summed E-state index contributed by atoms with van der Waals surface area (Å²) in [5.41, 5.74) is 1.27. The lowest BCUT2D eigenvalue weighted by Crippen LogP contribution is -2.17. The molecular formula is C21H38N2. The van der Waals surface area contributed by atoms with Crippen LogP contribution in [-0.2, 0) is 6.54 Å². The van der Waals surface area contributed by atoms with Gasteiger partial charge in [0.1, 0.15) is 0 Å². The van der Waals surface area contributed by atoms with Gasteiger partial charge in [0.25, 0.3) is 0 Å². The maximum atomic E-state index is 4.15. The van der Waals surface area contributed by atoms with Crippen molar-refractivity contribution in [1.29, 1.82) is 0 Å². The molecule has 1 rings (SSSR count). The molecule has 2 nitrogen and oxygen atoms in total. The molecule has 1 aromatic rings. The molecular weight excluding hydrogens is 280 g/mol. The molecule has 0 radical (unpaired) electrons. The summed E-state index contributed by atoms with van der Waals surface area (Å²) in [5.74, 6) is 2.60. The second kappa shape index (κ2) is 12.5. The SMILES string of the molecule is CC(C)CCCC(C)CCCC(C)CCNCc1cccnc1. The predicted octanol–water partition coefficient (Wildman–Crippen LogP) is 5.83. The number of hydrogen-bond donors (Lipinski definition) is 1. The molecule has 0 amide bonds. The number of nitrogens with one attached hydrogen (secondary N) is 1. The van der Waals surface area contributed by atoms with E-state index in [2.05, 4.69) is 44.1 Å². The molecule has 0 aromatic carbocycles. The number of nitrogens with zero attached hydrogens (tertiary/aromatic N) is 1. The smallest absolute Gasteiger partial charge is 0.0312 e. The molecule has 1 heterocycles. The molecule has 0 aliphatic carbocycles. The second-order valence-electron chi connectivity index (χ2n) is 7.79. The van der Waals surface area contributed by atoms with Crippen molar-refractivity contribution in [1.82, 2.24) is 10.3 Å². The Morgan fingerprint density at radius 1 is 0.913 bits per heavy atom. The summed E-state index contributed by atoms with van der Waals surface area (Å²) in [6.07, 6.45) is 13.4. The number of hydrogen-bond acceptors (Lipinski definition) is 2. The summed E-state index contributed by atoms with van der Waals surface area (Å²) in [6.45, 7) is 11.5. The molecule has 0 aliphatic heterocycles. The van der Waals surface area contributed by atoms with Gasteiger partial charge in [0.05, 0.1) is 0 Å². The molecule has 2 unspecified atom stereocenters. The van der Waals surface area contributed by atoms with Crippen LogP contribution in [0.1, 0.15) is 78.2 Å². The van der Waals surface area contributed by atoms with E-state index in [9.17, 15) is 0 Å². The van der Waals surface area contributed by atoms with Crippen LogP contribution in [0.5, 0.6) is 0 Å². The van der Waals surface area contributed by atoms with Crippen molar-refractivity contribution in [3.63, 3.8) is 0 Å². The molecule has 0 bridgehead atoms. The molecule has 0 spiro atoms. The Hall–Kier alpha value is -0.890. The van der Waals surface area contributed by atoms with Crippen molar-refractivity contribution in [2.75, 3.05) is 6.54 Å². The molecule has 1 N–H and O–H groups in total. The third-order valence-corrected chi connectivity index (χ3v) is 4.74. The highest BCUT2D eigenvalue weighted by Gasteiger charge is 2.06. The van der Waals surface area contributed by atoms with Crippen LogP contribution < -0.4 is 5.32 Å². The Labute approximate surface area is 144 Å². The number of rotatable bonds is 13. The minimum Gasteiger partial charge on any atom is -0.313 e. The van der Waals surface area contributed by atoms with Crippen LogP contribution in [0.15, 0.2) is 24.5 Å². The Bertz CT molecular complexity index is 375. The third kappa shape index (κ3) is 11.3. The van der Waals surface area contributed by atoms with Crippen molar-refractivity contribution in [2.24, 2.45) is 17.8 Å². The van der Waals surface area contributed by atoms with Crippen LogP contribution in [0.4, 0.5) is 0 Å². The Balaban J connectivity index is 1.96. The molecule has 2 heteroatoms. The Kier molecular flexibility index (Phi) is 11.0. The average molecular weight is 319 g/mol. The first kappa shape index (κ1) is 20.2. The van der Waals surface area contributed by atoms with E-state index in [-0.39, 0.29) is 0 Å². The van der Waals surface area contributed by atoms with Gasteiger partial charge in [-0.1, -0.05) is 72.3 Å². The van der Waals surface area contributed by atoms with Crippen molar-refractivity contribution in [3.8, 4) is 0 Å². The van der Waals surface area contributed by atoms with Gasteiger partial charge < -0.3 is 5.32 Å². The van der Waals surface area contributed by atoms with E-state index in [1.807, 2.05) is 18.5 Å². The first-order valence-electron chi connectivity index (χ1n) is 9.67. The van der Waals surface area contributed by atoms with Gasteiger partial charge in [-0.2, -0.15) is 0 Å². The molecule has 0 aliphatic rings. The fourth-order valence-corrected chi connectivity index (χ4v) is 3.06. The van der Waals surface area contributed by atoms with Crippen LogP contribution in [0.25, 0.3) is 0 Å². The Morgan fingerprint density at radius 3 is 2.17 bits per heavy atom. The number of pyridine rings is 1.